The summed E-state index contributed by atoms with van der Waals surface area (Å²) >= 11 is 5.83. The number of carbonyl (C=O) groups is 1. The van der Waals surface area contributed by atoms with Crippen LogP contribution in [0, 0.1) is 0 Å². The van der Waals surface area contributed by atoms with Gasteiger partial charge in [-0.1, -0.05) is 24.4 Å². The van der Waals surface area contributed by atoms with Crippen molar-refractivity contribution in [1.82, 2.24) is 15.2 Å². The lowest BCUT2D eigenvalue weighted by molar-refractivity contribution is 0.0942. The average molecular weight is 282 g/mol. The monoisotopic (exact) mass is 281 g/mol. The maximum Gasteiger partial charge on any atom is 0.269 e. The molecule has 1 heterocycles. The molecule has 1 aromatic heterocycles. The molecule has 0 atom stereocenters. The highest BCUT2D eigenvalue weighted by molar-refractivity contribution is 6.30. The lowest BCUT2D eigenvalue weighted by Gasteiger charge is -2.23. The summed E-state index contributed by atoms with van der Waals surface area (Å²) in [6.45, 7) is 1.51. The molecule has 1 aliphatic rings. The molecule has 1 amide bonds. The predicted octanol–water partition coefficient (Wildman–Crippen LogP) is 2.34. The van der Waals surface area contributed by atoms with E-state index in [4.69, 9.17) is 11.6 Å². The van der Waals surface area contributed by atoms with Crippen LogP contribution >= 0.6 is 11.6 Å². The summed E-state index contributed by atoms with van der Waals surface area (Å²) in [4.78, 5) is 18.2. The number of amides is 1. The van der Waals surface area contributed by atoms with Gasteiger partial charge in [0.15, 0.2) is 0 Å². The molecule has 1 aromatic rings. The standard InChI is InChI=1S/C14H20ClN3O/c1-18(12-4-2-3-5-12)9-8-17-14(19)13-10-11(15)6-7-16-13/h6-7,10,12H,2-5,8-9H2,1H3,(H,17,19). The SMILES string of the molecule is CN(CCNC(=O)c1cc(Cl)ccn1)C1CCCC1. The van der Waals surface area contributed by atoms with Gasteiger partial charge in [-0.2, -0.15) is 0 Å². The Kier molecular flexibility index (Phi) is 5.16. The summed E-state index contributed by atoms with van der Waals surface area (Å²) in [6, 6.07) is 3.92. The van der Waals surface area contributed by atoms with Gasteiger partial charge >= 0.3 is 0 Å². The second-order valence-corrected chi connectivity index (χ2v) is 5.47. The Hall–Kier alpha value is -1.13. The lowest BCUT2D eigenvalue weighted by atomic mass is 10.2. The highest BCUT2D eigenvalue weighted by atomic mass is 35.5. The predicted molar refractivity (Wildman–Crippen MR) is 76.5 cm³/mol. The van der Waals surface area contributed by atoms with E-state index in [0.717, 1.165) is 6.54 Å². The Morgan fingerprint density at radius 1 is 1.53 bits per heavy atom. The molecule has 0 unspecified atom stereocenters. The fraction of sp³-hybridized carbons (Fsp3) is 0.571. The zero-order chi connectivity index (χ0) is 13.7. The van der Waals surface area contributed by atoms with Gasteiger partial charge in [0, 0.05) is 30.4 Å². The smallest absolute Gasteiger partial charge is 0.269 e. The Labute approximate surface area is 119 Å². The molecular weight excluding hydrogens is 262 g/mol. The van der Waals surface area contributed by atoms with Gasteiger partial charge in [-0.15, -0.1) is 0 Å². The molecule has 1 aliphatic carbocycles. The van der Waals surface area contributed by atoms with Gasteiger partial charge < -0.3 is 10.2 Å². The van der Waals surface area contributed by atoms with Crippen molar-refractivity contribution in [2.24, 2.45) is 0 Å². The van der Waals surface area contributed by atoms with Crippen LogP contribution in [0.1, 0.15) is 36.2 Å². The molecule has 2 rings (SSSR count). The molecule has 0 spiro atoms. The number of nitrogens with zero attached hydrogens (tertiary/aromatic N) is 2. The van der Waals surface area contributed by atoms with Gasteiger partial charge in [-0.05, 0) is 32.0 Å². The van der Waals surface area contributed by atoms with Gasteiger partial charge in [0.1, 0.15) is 5.69 Å². The molecule has 19 heavy (non-hydrogen) atoms. The second-order valence-electron chi connectivity index (χ2n) is 5.03. The van der Waals surface area contributed by atoms with Crippen LogP contribution < -0.4 is 5.32 Å². The van der Waals surface area contributed by atoms with E-state index in [9.17, 15) is 4.79 Å². The first-order valence-corrected chi connectivity index (χ1v) is 7.14. The highest BCUT2D eigenvalue weighted by Gasteiger charge is 2.19. The number of likely N-dealkylation sites (N-methyl/N-ethyl adjacent to an activating group) is 1. The molecule has 0 aliphatic heterocycles. The van der Waals surface area contributed by atoms with Crippen molar-refractivity contribution in [3.8, 4) is 0 Å². The molecule has 4 nitrogen and oxygen atoms in total. The maximum atomic E-state index is 11.8. The van der Waals surface area contributed by atoms with Crippen molar-refractivity contribution in [1.29, 1.82) is 0 Å². The number of hydrogen-bond donors (Lipinski definition) is 1. The van der Waals surface area contributed by atoms with E-state index in [-0.39, 0.29) is 5.91 Å². The maximum absolute atomic E-state index is 11.8. The van der Waals surface area contributed by atoms with Gasteiger partial charge in [0.25, 0.3) is 5.91 Å². The molecular formula is C14H20ClN3O. The van der Waals surface area contributed by atoms with Crippen LogP contribution in [0.25, 0.3) is 0 Å². The summed E-state index contributed by atoms with van der Waals surface area (Å²) in [5, 5.41) is 3.41. The molecule has 104 valence electrons. The summed E-state index contributed by atoms with van der Waals surface area (Å²) in [6.07, 6.45) is 6.75. The fourth-order valence-corrected chi connectivity index (χ4v) is 2.65. The van der Waals surface area contributed by atoms with E-state index < -0.39 is 0 Å². The van der Waals surface area contributed by atoms with E-state index in [1.54, 1.807) is 18.3 Å². The van der Waals surface area contributed by atoms with Gasteiger partial charge in [0.05, 0.1) is 0 Å². The zero-order valence-corrected chi connectivity index (χ0v) is 12.0. The normalized spacial score (nSPS) is 15.9. The molecule has 0 bridgehead atoms. The van der Waals surface area contributed by atoms with Crippen LogP contribution in [0.5, 0.6) is 0 Å². The first-order chi connectivity index (χ1) is 9.16. The topological polar surface area (TPSA) is 45.2 Å². The second kappa shape index (κ2) is 6.87. The van der Waals surface area contributed by atoms with Crippen LogP contribution in [-0.2, 0) is 0 Å². The molecule has 1 fully saturated rings. The quantitative estimate of drug-likeness (QED) is 0.901. The van der Waals surface area contributed by atoms with Crippen molar-refractivity contribution < 1.29 is 4.79 Å². The minimum absolute atomic E-state index is 0.165. The van der Waals surface area contributed by atoms with E-state index in [0.29, 0.717) is 23.3 Å². The van der Waals surface area contributed by atoms with Crippen LogP contribution in [0.15, 0.2) is 18.3 Å². The number of carbonyl (C=O) groups excluding carboxylic acids is 1. The molecule has 1 saturated carbocycles. The fourth-order valence-electron chi connectivity index (χ4n) is 2.49. The average Bonchev–Trinajstić information content (AvgIpc) is 2.92. The lowest BCUT2D eigenvalue weighted by Crippen LogP contribution is -2.37. The van der Waals surface area contributed by atoms with Gasteiger partial charge in [-0.25, -0.2) is 0 Å². The van der Waals surface area contributed by atoms with Gasteiger partial charge in [0.2, 0.25) is 0 Å². The minimum Gasteiger partial charge on any atom is -0.349 e. The number of hydrogen-bond acceptors (Lipinski definition) is 3. The summed E-state index contributed by atoms with van der Waals surface area (Å²) in [5.74, 6) is -0.165. The Morgan fingerprint density at radius 2 is 2.26 bits per heavy atom. The zero-order valence-electron chi connectivity index (χ0n) is 11.2. The van der Waals surface area contributed by atoms with E-state index in [1.807, 2.05) is 0 Å². The number of aromatic nitrogens is 1. The largest absolute Gasteiger partial charge is 0.349 e. The van der Waals surface area contributed by atoms with Crippen LogP contribution in [0.3, 0.4) is 0 Å². The van der Waals surface area contributed by atoms with Crippen molar-refractivity contribution >= 4 is 17.5 Å². The number of pyridine rings is 1. The summed E-state index contributed by atoms with van der Waals surface area (Å²) < 4.78 is 0. The first kappa shape index (κ1) is 14.3. The van der Waals surface area contributed by atoms with Crippen LogP contribution in [0.2, 0.25) is 5.02 Å². The van der Waals surface area contributed by atoms with E-state index in [1.165, 1.54) is 25.7 Å². The highest BCUT2D eigenvalue weighted by Crippen LogP contribution is 2.21. The van der Waals surface area contributed by atoms with Gasteiger partial charge in [-0.3, -0.25) is 9.78 Å². The third-order valence-corrected chi connectivity index (χ3v) is 3.89. The van der Waals surface area contributed by atoms with Crippen molar-refractivity contribution in [3.63, 3.8) is 0 Å². The summed E-state index contributed by atoms with van der Waals surface area (Å²) in [5.41, 5.74) is 0.371. The number of nitrogens with one attached hydrogen (secondary N) is 1. The Morgan fingerprint density at radius 3 is 2.95 bits per heavy atom. The van der Waals surface area contributed by atoms with Crippen LogP contribution in [-0.4, -0.2) is 42.0 Å². The molecule has 0 radical (unpaired) electrons. The molecule has 1 N–H and O–H groups in total. The Balaban J connectivity index is 1.74. The van der Waals surface area contributed by atoms with Crippen molar-refractivity contribution in [2.75, 3.05) is 20.1 Å². The van der Waals surface area contributed by atoms with Crippen molar-refractivity contribution in [2.45, 2.75) is 31.7 Å². The molecule has 0 saturated heterocycles. The minimum atomic E-state index is -0.165. The van der Waals surface area contributed by atoms with Crippen LogP contribution in [0.4, 0.5) is 0 Å². The van der Waals surface area contributed by atoms with Crippen molar-refractivity contribution in [3.05, 3.63) is 29.0 Å². The third kappa shape index (κ3) is 4.18. The summed E-state index contributed by atoms with van der Waals surface area (Å²) in [7, 11) is 2.12. The van der Waals surface area contributed by atoms with E-state index in [2.05, 4.69) is 22.2 Å². The first-order valence-electron chi connectivity index (χ1n) is 6.77. The third-order valence-electron chi connectivity index (χ3n) is 3.65. The Bertz CT molecular complexity index is 432. The molecule has 0 aromatic carbocycles. The number of halogens is 1. The van der Waals surface area contributed by atoms with E-state index >= 15 is 0 Å². The number of rotatable bonds is 5. The molecule has 5 heteroatoms.